The van der Waals surface area contributed by atoms with Crippen LogP contribution in [0.1, 0.15) is 93.7 Å². The summed E-state index contributed by atoms with van der Waals surface area (Å²) >= 11 is 0. The summed E-state index contributed by atoms with van der Waals surface area (Å²) in [5.74, 6) is -0.183. The average Bonchev–Trinajstić information content (AvgIpc) is 3.63. The van der Waals surface area contributed by atoms with Crippen molar-refractivity contribution in [2.75, 3.05) is 36.4 Å². The Kier molecular flexibility index (Phi) is 9.25. The molecule has 3 fully saturated rings. The molecule has 53 heavy (non-hydrogen) atoms. The molecular weight excluding hydrogens is 675 g/mol. The van der Waals surface area contributed by atoms with Crippen molar-refractivity contribution >= 4 is 40.0 Å². The highest BCUT2D eigenvalue weighted by molar-refractivity contribution is 6.09. The number of rotatable bonds is 8. The molecular formula is C41H50F2N8O2. The minimum atomic E-state index is -0.775. The Labute approximate surface area is 309 Å². The molecule has 4 aliphatic rings. The van der Waals surface area contributed by atoms with Gasteiger partial charge in [0.15, 0.2) is 5.82 Å². The summed E-state index contributed by atoms with van der Waals surface area (Å²) in [6.07, 6.45) is 5.65. The van der Waals surface area contributed by atoms with Crippen molar-refractivity contribution in [3.05, 3.63) is 65.2 Å². The lowest BCUT2D eigenvalue weighted by atomic mass is 9.74. The Hall–Kier alpha value is -4.42. The van der Waals surface area contributed by atoms with Gasteiger partial charge in [0.25, 0.3) is 5.91 Å². The van der Waals surface area contributed by atoms with Gasteiger partial charge in [-0.3, -0.25) is 14.5 Å². The fraction of sp³-hybridized carbons (Fsp3) is 0.512. The van der Waals surface area contributed by atoms with Crippen LogP contribution in [0.4, 0.5) is 26.0 Å². The number of alkyl halides is 1. The first kappa shape index (κ1) is 35.6. The molecule has 0 unspecified atom stereocenters. The molecule has 1 aliphatic carbocycles. The highest BCUT2D eigenvalue weighted by atomic mass is 19.1. The molecule has 5 heterocycles. The van der Waals surface area contributed by atoms with E-state index in [4.69, 9.17) is 9.97 Å². The number of anilines is 3. The van der Waals surface area contributed by atoms with Gasteiger partial charge in [-0.2, -0.15) is 0 Å². The SMILES string of the molecule is Cc1cc(F)c(Nc2nc(-c3ccc4c(c3)N([C@H]3C[C@@H](N5CCC[C@@H](F)C5)C3)C(=O)C43CCNCC3)cc3ncn(C(C)C)c23)cc1C(=O)NC(C)C. The van der Waals surface area contributed by atoms with E-state index >= 15 is 4.39 Å². The number of piperidine rings is 2. The Morgan fingerprint density at radius 2 is 1.83 bits per heavy atom. The first-order valence-electron chi connectivity index (χ1n) is 19.3. The van der Waals surface area contributed by atoms with E-state index in [1.54, 1.807) is 19.3 Å². The number of pyridine rings is 1. The van der Waals surface area contributed by atoms with Gasteiger partial charge in [0.1, 0.15) is 17.5 Å². The molecule has 8 rings (SSSR count). The number of benzene rings is 2. The fourth-order valence-electron chi connectivity index (χ4n) is 8.97. The van der Waals surface area contributed by atoms with Crippen LogP contribution in [0.3, 0.4) is 0 Å². The second-order valence-electron chi connectivity index (χ2n) is 16.1. The maximum absolute atomic E-state index is 15.6. The maximum Gasteiger partial charge on any atom is 0.251 e. The van der Waals surface area contributed by atoms with Crippen molar-refractivity contribution in [1.29, 1.82) is 0 Å². The third-order valence-electron chi connectivity index (χ3n) is 11.9. The number of imidazole rings is 1. The summed E-state index contributed by atoms with van der Waals surface area (Å²) in [5, 5.41) is 9.59. The zero-order valence-corrected chi connectivity index (χ0v) is 31.3. The van der Waals surface area contributed by atoms with Gasteiger partial charge in [-0.25, -0.2) is 18.7 Å². The Balaban J connectivity index is 1.18. The van der Waals surface area contributed by atoms with Crippen LogP contribution in [0.5, 0.6) is 0 Å². The number of nitrogens with one attached hydrogen (secondary N) is 3. The second kappa shape index (κ2) is 13.8. The van der Waals surface area contributed by atoms with Gasteiger partial charge < -0.3 is 25.4 Å². The van der Waals surface area contributed by atoms with E-state index in [1.807, 2.05) is 35.4 Å². The van der Waals surface area contributed by atoms with Gasteiger partial charge >= 0.3 is 0 Å². The second-order valence-corrected chi connectivity index (χ2v) is 16.1. The first-order chi connectivity index (χ1) is 25.4. The molecule has 1 spiro atoms. The molecule has 0 radical (unpaired) electrons. The van der Waals surface area contributed by atoms with Crippen molar-refractivity contribution in [2.45, 2.75) is 109 Å². The van der Waals surface area contributed by atoms with Crippen LogP contribution in [0.2, 0.25) is 0 Å². The number of halogens is 2. The normalized spacial score (nSPS) is 22.8. The summed E-state index contributed by atoms with van der Waals surface area (Å²) in [7, 11) is 0. The molecule has 3 N–H and O–H groups in total. The third-order valence-corrected chi connectivity index (χ3v) is 11.9. The lowest BCUT2D eigenvalue weighted by Crippen LogP contribution is -2.59. The van der Waals surface area contributed by atoms with E-state index in [0.717, 1.165) is 74.1 Å². The molecule has 2 aromatic heterocycles. The number of amides is 2. The predicted octanol–water partition coefficient (Wildman–Crippen LogP) is 6.94. The highest BCUT2D eigenvalue weighted by Crippen LogP contribution is 2.51. The minimum Gasteiger partial charge on any atom is -0.350 e. The molecule has 10 nitrogen and oxygen atoms in total. The van der Waals surface area contributed by atoms with Crippen molar-refractivity contribution < 1.29 is 18.4 Å². The van der Waals surface area contributed by atoms with Crippen LogP contribution >= 0.6 is 0 Å². The van der Waals surface area contributed by atoms with E-state index in [2.05, 4.69) is 46.8 Å². The van der Waals surface area contributed by atoms with Gasteiger partial charge in [0.2, 0.25) is 5.91 Å². The number of aromatic nitrogens is 3. The number of nitrogens with zero attached hydrogens (tertiary/aromatic N) is 5. The number of fused-ring (bicyclic) bond motifs is 3. The van der Waals surface area contributed by atoms with E-state index in [0.29, 0.717) is 41.1 Å². The van der Waals surface area contributed by atoms with Crippen LogP contribution in [0, 0.1) is 12.7 Å². The molecule has 280 valence electrons. The lowest BCUT2D eigenvalue weighted by molar-refractivity contribution is -0.125. The number of hydrogen-bond acceptors (Lipinski definition) is 7. The number of carbonyl (C=O) groups excluding carboxylic acids is 2. The molecule has 0 bridgehead atoms. The summed E-state index contributed by atoms with van der Waals surface area (Å²) in [6.45, 7) is 12.5. The Morgan fingerprint density at radius 1 is 1.06 bits per heavy atom. The van der Waals surface area contributed by atoms with Crippen LogP contribution < -0.4 is 20.9 Å². The third kappa shape index (κ3) is 6.27. The Bertz CT molecular complexity index is 2070. The van der Waals surface area contributed by atoms with Crippen LogP contribution in [0.25, 0.3) is 22.3 Å². The number of hydrogen-bond donors (Lipinski definition) is 3. The summed E-state index contributed by atoms with van der Waals surface area (Å²) in [4.78, 5) is 41.8. The molecule has 3 aliphatic heterocycles. The standard InChI is InChI=1S/C41H50F2N8O2/c1-23(2)46-39(52)30-19-34(32(43)15-25(30)5)48-38-37-35(45-22-50(37)24(3)4)20-33(47-38)26-8-9-31-36(16-26)51(40(53)41(31)10-12-44-13-11-41)29-17-28(18-29)49-14-6-7-27(42)21-49/h8-9,15-16,19-20,22-24,27-29,44H,6-7,10-14,17-18,21H2,1-5H3,(H,46,52)(H,47,48)/t27-,28-,29+/m1/s1. The fourth-order valence-corrected chi connectivity index (χ4v) is 8.97. The lowest BCUT2D eigenvalue weighted by Gasteiger charge is -2.48. The van der Waals surface area contributed by atoms with Gasteiger partial charge in [-0.05, 0) is 128 Å². The van der Waals surface area contributed by atoms with E-state index < -0.39 is 17.4 Å². The van der Waals surface area contributed by atoms with Crippen LogP contribution in [-0.2, 0) is 10.2 Å². The van der Waals surface area contributed by atoms with Gasteiger partial charge in [-0.15, -0.1) is 0 Å². The zero-order chi connectivity index (χ0) is 37.2. The minimum absolute atomic E-state index is 0.0520. The van der Waals surface area contributed by atoms with Crippen molar-refractivity contribution in [3.8, 4) is 11.3 Å². The molecule has 2 amide bonds. The maximum atomic E-state index is 15.6. The molecule has 1 saturated carbocycles. The van der Waals surface area contributed by atoms with E-state index in [9.17, 15) is 14.0 Å². The summed E-state index contributed by atoms with van der Waals surface area (Å²) in [6, 6.07) is 11.4. The highest BCUT2D eigenvalue weighted by Gasteiger charge is 2.55. The molecule has 1 atom stereocenters. The number of aryl methyl sites for hydroxylation is 1. The largest absolute Gasteiger partial charge is 0.350 e. The predicted molar refractivity (Wildman–Crippen MR) is 204 cm³/mol. The molecule has 2 saturated heterocycles. The van der Waals surface area contributed by atoms with Gasteiger partial charge in [0, 0.05) is 47.5 Å². The first-order valence-corrected chi connectivity index (χ1v) is 19.3. The molecule has 2 aromatic carbocycles. The summed E-state index contributed by atoms with van der Waals surface area (Å²) in [5.41, 5.74) is 5.34. The zero-order valence-electron chi connectivity index (χ0n) is 31.3. The van der Waals surface area contributed by atoms with E-state index in [-0.39, 0.29) is 41.7 Å². The van der Waals surface area contributed by atoms with Crippen LogP contribution in [-0.4, -0.2) is 81.7 Å². The molecule has 12 heteroatoms. The van der Waals surface area contributed by atoms with Crippen molar-refractivity contribution in [3.63, 3.8) is 0 Å². The quantitative estimate of drug-likeness (QED) is 0.181. The average molecular weight is 725 g/mol. The van der Waals surface area contributed by atoms with E-state index in [1.165, 1.54) is 6.07 Å². The monoisotopic (exact) mass is 724 g/mol. The summed E-state index contributed by atoms with van der Waals surface area (Å²) < 4.78 is 31.9. The number of carbonyl (C=O) groups is 2. The van der Waals surface area contributed by atoms with Gasteiger partial charge in [0.05, 0.1) is 28.6 Å². The molecule has 4 aromatic rings. The van der Waals surface area contributed by atoms with Gasteiger partial charge in [-0.1, -0.05) is 12.1 Å². The van der Waals surface area contributed by atoms with Crippen molar-refractivity contribution in [1.82, 2.24) is 30.1 Å². The van der Waals surface area contributed by atoms with Crippen LogP contribution in [0.15, 0.2) is 42.7 Å². The topological polar surface area (TPSA) is 107 Å². The Morgan fingerprint density at radius 3 is 2.55 bits per heavy atom. The smallest absolute Gasteiger partial charge is 0.251 e. The van der Waals surface area contributed by atoms with Crippen molar-refractivity contribution in [2.24, 2.45) is 0 Å². The number of likely N-dealkylation sites (tertiary alicyclic amines) is 1.